The molecule has 0 heterocycles. The van der Waals surface area contributed by atoms with E-state index >= 15 is 0 Å². The zero-order chi connectivity index (χ0) is 13.4. The summed E-state index contributed by atoms with van der Waals surface area (Å²) < 4.78 is 0. The first kappa shape index (κ1) is 15.6. The number of rotatable bonds is 7. The van der Waals surface area contributed by atoms with Crippen LogP contribution in [0.5, 0.6) is 0 Å². The SMILES string of the molecule is CCC(C)[C@H](NC(=O)N(CCCl)N=O)C(=O)O. The number of hydrogen-bond acceptors (Lipinski definition) is 4. The van der Waals surface area contributed by atoms with Gasteiger partial charge >= 0.3 is 12.0 Å². The van der Waals surface area contributed by atoms with E-state index in [9.17, 15) is 14.5 Å². The molecule has 98 valence electrons. The summed E-state index contributed by atoms with van der Waals surface area (Å²) in [6.07, 6.45) is 0.585. The van der Waals surface area contributed by atoms with Crippen LogP contribution in [0.4, 0.5) is 4.79 Å². The Bertz CT molecular complexity index is 287. The van der Waals surface area contributed by atoms with Crippen LogP contribution < -0.4 is 5.32 Å². The van der Waals surface area contributed by atoms with E-state index in [-0.39, 0.29) is 18.3 Å². The molecule has 0 bridgehead atoms. The molecule has 2 N–H and O–H groups in total. The van der Waals surface area contributed by atoms with Gasteiger partial charge in [0.05, 0.1) is 11.8 Å². The highest BCUT2D eigenvalue weighted by Gasteiger charge is 2.27. The average molecular weight is 266 g/mol. The highest BCUT2D eigenvalue weighted by atomic mass is 35.5. The zero-order valence-electron chi connectivity index (χ0n) is 9.72. The van der Waals surface area contributed by atoms with E-state index in [1.807, 2.05) is 0 Å². The maximum Gasteiger partial charge on any atom is 0.341 e. The van der Waals surface area contributed by atoms with E-state index in [4.69, 9.17) is 16.7 Å². The second kappa shape index (κ2) is 7.83. The third-order valence-corrected chi connectivity index (χ3v) is 2.56. The fourth-order valence-corrected chi connectivity index (χ4v) is 1.31. The van der Waals surface area contributed by atoms with Crippen LogP contribution in [0.15, 0.2) is 5.29 Å². The number of halogens is 1. The van der Waals surface area contributed by atoms with Gasteiger partial charge in [-0.1, -0.05) is 20.3 Å². The van der Waals surface area contributed by atoms with Gasteiger partial charge < -0.3 is 10.4 Å². The van der Waals surface area contributed by atoms with Gasteiger partial charge in [-0.3, -0.25) is 0 Å². The van der Waals surface area contributed by atoms with Gasteiger partial charge in [-0.15, -0.1) is 16.5 Å². The van der Waals surface area contributed by atoms with Gasteiger partial charge in [-0.2, -0.15) is 5.01 Å². The number of amides is 2. The monoisotopic (exact) mass is 265 g/mol. The second-order valence-electron chi connectivity index (χ2n) is 3.54. The maximum atomic E-state index is 11.5. The van der Waals surface area contributed by atoms with Crippen LogP contribution in [0.25, 0.3) is 0 Å². The highest BCUT2D eigenvalue weighted by Crippen LogP contribution is 2.08. The van der Waals surface area contributed by atoms with E-state index in [1.54, 1.807) is 13.8 Å². The fourth-order valence-electron chi connectivity index (χ4n) is 1.15. The summed E-state index contributed by atoms with van der Waals surface area (Å²) in [5.74, 6) is -1.36. The van der Waals surface area contributed by atoms with Crippen molar-refractivity contribution in [3.63, 3.8) is 0 Å². The molecule has 0 saturated heterocycles. The number of carboxylic acids is 1. The summed E-state index contributed by atoms with van der Waals surface area (Å²) in [4.78, 5) is 32.8. The molecule has 2 amide bonds. The molecule has 0 spiro atoms. The Morgan fingerprint density at radius 2 is 2.12 bits per heavy atom. The van der Waals surface area contributed by atoms with Crippen molar-refractivity contribution in [1.82, 2.24) is 10.3 Å². The Labute approximate surface area is 104 Å². The van der Waals surface area contributed by atoms with E-state index < -0.39 is 18.0 Å². The first-order valence-corrected chi connectivity index (χ1v) is 5.71. The van der Waals surface area contributed by atoms with E-state index in [0.29, 0.717) is 11.4 Å². The summed E-state index contributed by atoms with van der Waals surface area (Å²) in [6, 6.07) is -1.90. The average Bonchev–Trinajstić information content (AvgIpc) is 2.31. The van der Waals surface area contributed by atoms with Gasteiger partial charge in [0.25, 0.3) is 0 Å². The van der Waals surface area contributed by atoms with Gasteiger partial charge in [-0.25, -0.2) is 9.59 Å². The minimum absolute atomic E-state index is 0.0419. The predicted molar refractivity (Wildman–Crippen MR) is 62.6 cm³/mol. The molecule has 0 aliphatic rings. The van der Waals surface area contributed by atoms with Crippen LogP contribution in [0.1, 0.15) is 20.3 Å². The smallest absolute Gasteiger partial charge is 0.341 e. The number of carbonyl (C=O) groups is 2. The molecule has 0 aliphatic carbocycles. The molecule has 0 rings (SSSR count). The van der Waals surface area contributed by atoms with Crippen molar-refractivity contribution < 1.29 is 14.7 Å². The molecule has 7 nitrogen and oxygen atoms in total. The van der Waals surface area contributed by atoms with Crippen LogP contribution in [-0.2, 0) is 4.79 Å². The zero-order valence-corrected chi connectivity index (χ0v) is 10.5. The van der Waals surface area contributed by atoms with Crippen molar-refractivity contribution in [2.45, 2.75) is 26.3 Å². The number of nitrogens with zero attached hydrogens (tertiary/aromatic N) is 2. The molecule has 0 aromatic heterocycles. The minimum atomic E-state index is -1.15. The summed E-state index contributed by atoms with van der Waals surface area (Å²) in [5.41, 5.74) is 0. The predicted octanol–water partition coefficient (Wildman–Crippen LogP) is 1.42. The molecule has 0 saturated carbocycles. The van der Waals surface area contributed by atoms with Crippen LogP contribution >= 0.6 is 11.6 Å². The largest absolute Gasteiger partial charge is 0.480 e. The van der Waals surface area contributed by atoms with Crippen molar-refractivity contribution in [1.29, 1.82) is 0 Å². The van der Waals surface area contributed by atoms with Crippen LogP contribution in [-0.4, -0.2) is 40.6 Å². The van der Waals surface area contributed by atoms with Gasteiger partial charge in [0.15, 0.2) is 0 Å². The van der Waals surface area contributed by atoms with Crippen LogP contribution in [0.3, 0.4) is 0 Å². The lowest BCUT2D eigenvalue weighted by molar-refractivity contribution is -0.140. The number of hydrogen-bond donors (Lipinski definition) is 2. The Morgan fingerprint density at radius 3 is 2.47 bits per heavy atom. The van der Waals surface area contributed by atoms with Gasteiger partial charge in [-0.05, 0) is 5.92 Å². The normalized spacial score (nSPS) is 13.6. The van der Waals surface area contributed by atoms with Crippen molar-refractivity contribution >= 4 is 23.6 Å². The van der Waals surface area contributed by atoms with Crippen molar-refractivity contribution in [2.24, 2.45) is 11.2 Å². The van der Waals surface area contributed by atoms with Crippen molar-refractivity contribution in [3.8, 4) is 0 Å². The van der Waals surface area contributed by atoms with Gasteiger partial charge in [0, 0.05) is 5.88 Å². The third-order valence-electron chi connectivity index (χ3n) is 2.39. The molecule has 0 aromatic carbocycles. The number of urea groups is 1. The van der Waals surface area contributed by atoms with Gasteiger partial charge in [0.1, 0.15) is 6.04 Å². The molecule has 0 radical (unpaired) electrons. The molecular formula is C9H16ClN3O4. The summed E-state index contributed by atoms with van der Waals surface area (Å²) in [6.45, 7) is 3.43. The number of carbonyl (C=O) groups excluding carboxylic acids is 1. The molecule has 1 unspecified atom stereocenters. The summed E-state index contributed by atoms with van der Waals surface area (Å²) in [5, 5.41) is 14.2. The first-order chi connectivity index (χ1) is 7.97. The maximum absolute atomic E-state index is 11.5. The topological polar surface area (TPSA) is 99.1 Å². The third kappa shape index (κ3) is 4.99. The number of nitrogens with one attached hydrogen (secondary N) is 1. The number of aliphatic carboxylic acids is 1. The van der Waals surface area contributed by atoms with E-state index in [0.717, 1.165) is 0 Å². The van der Waals surface area contributed by atoms with E-state index in [2.05, 4.69) is 10.6 Å². The molecule has 0 aromatic rings. The molecule has 8 heteroatoms. The Balaban J connectivity index is 4.59. The first-order valence-electron chi connectivity index (χ1n) is 5.17. The molecular weight excluding hydrogens is 250 g/mol. The molecule has 17 heavy (non-hydrogen) atoms. The van der Waals surface area contributed by atoms with Crippen molar-refractivity contribution in [3.05, 3.63) is 4.91 Å². The fraction of sp³-hybridized carbons (Fsp3) is 0.778. The quantitative estimate of drug-likeness (QED) is 0.413. The minimum Gasteiger partial charge on any atom is -0.480 e. The van der Waals surface area contributed by atoms with Crippen LogP contribution in [0.2, 0.25) is 0 Å². The molecule has 0 fully saturated rings. The number of carboxylic acid groups (broad SMARTS) is 1. The summed E-state index contributed by atoms with van der Waals surface area (Å²) >= 11 is 5.37. The Morgan fingerprint density at radius 1 is 1.53 bits per heavy atom. The molecule has 0 aliphatic heterocycles. The number of nitroso groups, excluding NO2 is 1. The van der Waals surface area contributed by atoms with E-state index in [1.165, 1.54) is 0 Å². The lowest BCUT2D eigenvalue weighted by atomic mass is 9.99. The van der Waals surface area contributed by atoms with Crippen LogP contribution in [0, 0.1) is 10.8 Å². The Hall–Kier alpha value is -1.37. The lowest BCUT2D eigenvalue weighted by Crippen LogP contribution is -2.49. The highest BCUT2D eigenvalue weighted by molar-refractivity contribution is 6.18. The Kier molecular flexibility index (Phi) is 7.20. The van der Waals surface area contributed by atoms with Crippen molar-refractivity contribution in [2.75, 3.05) is 12.4 Å². The lowest BCUT2D eigenvalue weighted by Gasteiger charge is -2.22. The molecule has 2 atom stereocenters. The standard InChI is InChI=1S/C9H16ClN3O4/c1-3-6(2)7(8(14)15)11-9(16)13(12-17)5-4-10/h6-7H,3-5H2,1-2H3,(H,11,16)(H,14,15)/t6?,7-/m0/s1. The number of alkyl halides is 1. The van der Waals surface area contributed by atoms with Gasteiger partial charge in [0.2, 0.25) is 0 Å². The summed E-state index contributed by atoms with van der Waals surface area (Å²) in [7, 11) is 0. The second-order valence-corrected chi connectivity index (χ2v) is 3.92.